The largest absolute Gasteiger partial charge is 0.324 e. The fourth-order valence-electron chi connectivity index (χ4n) is 3.63. The molecule has 2 amide bonds. The number of rotatable bonds is 3. The van der Waals surface area contributed by atoms with Gasteiger partial charge in [0.15, 0.2) is 0 Å². The summed E-state index contributed by atoms with van der Waals surface area (Å²) in [5.41, 5.74) is 2.63. The van der Waals surface area contributed by atoms with Crippen molar-refractivity contribution >= 4 is 33.3 Å². The van der Waals surface area contributed by atoms with Gasteiger partial charge in [0.05, 0.1) is 16.0 Å². The Bertz CT molecular complexity index is 783. The number of amides is 2. The van der Waals surface area contributed by atoms with E-state index in [0.29, 0.717) is 49.7 Å². The van der Waals surface area contributed by atoms with Crippen molar-refractivity contribution in [3.63, 3.8) is 0 Å². The molecule has 2 heterocycles. The SMILES string of the molecule is Cc1ccc(Cl)c(NC(=O)N2CCC(S(=O)(=O)N3CCCC3)CC2)c1C. The van der Waals surface area contributed by atoms with Gasteiger partial charge < -0.3 is 10.2 Å². The van der Waals surface area contributed by atoms with Crippen LogP contribution in [0, 0.1) is 13.8 Å². The number of nitrogens with one attached hydrogen (secondary N) is 1. The van der Waals surface area contributed by atoms with E-state index in [4.69, 9.17) is 11.6 Å². The van der Waals surface area contributed by atoms with Crippen molar-refractivity contribution in [1.29, 1.82) is 0 Å². The van der Waals surface area contributed by atoms with Gasteiger partial charge in [-0.3, -0.25) is 0 Å². The first-order valence-electron chi connectivity index (χ1n) is 9.11. The van der Waals surface area contributed by atoms with E-state index >= 15 is 0 Å². The minimum absolute atomic E-state index is 0.224. The summed E-state index contributed by atoms with van der Waals surface area (Å²) in [5.74, 6) is 0. The Morgan fingerprint density at radius 3 is 2.35 bits per heavy atom. The van der Waals surface area contributed by atoms with Crippen LogP contribution >= 0.6 is 11.6 Å². The second-order valence-electron chi connectivity index (χ2n) is 7.13. The molecule has 2 saturated heterocycles. The maximum Gasteiger partial charge on any atom is 0.321 e. The number of halogens is 1. The van der Waals surface area contributed by atoms with Gasteiger partial charge in [0.25, 0.3) is 0 Å². The highest BCUT2D eigenvalue weighted by Gasteiger charge is 2.36. The first kappa shape index (κ1) is 19.5. The van der Waals surface area contributed by atoms with Gasteiger partial charge in [-0.05, 0) is 56.7 Å². The summed E-state index contributed by atoms with van der Waals surface area (Å²) in [7, 11) is -3.23. The lowest BCUT2D eigenvalue weighted by atomic mass is 10.1. The molecular weight excluding hydrogens is 374 g/mol. The third-order valence-corrected chi connectivity index (χ3v) is 8.21. The molecule has 1 aromatic carbocycles. The van der Waals surface area contributed by atoms with Crippen LogP contribution in [0.1, 0.15) is 36.8 Å². The standard InChI is InChI=1S/C18H26ClN3O3S/c1-13-5-6-16(19)17(14(13)2)20-18(23)21-11-7-15(8-12-21)26(24,25)22-9-3-4-10-22/h5-6,15H,3-4,7-12H2,1-2H3,(H,20,23). The maximum absolute atomic E-state index is 12.7. The molecule has 1 N–H and O–H groups in total. The van der Waals surface area contributed by atoms with Crippen molar-refractivity contribution in [2.45, 2.75) is 44.8 Å². The van der Waals surface area contributed by atoms with Crippen LogP contribution < -0.4 is 5.32 Å². The molecule has 2 aliphatic heterocycles. The maximum atomic E-state index is 12.7. The first-order valence-corrected chi connectivity index (χ1v) is 11.0. The van der Waals surface area contributed by atoms with Crippen molar-refractivity contribution in [2.75, 3.05) is 31.5 Å². The zero-order valence-electron chi connectivity index (χ0n) is 15.3. The summed E-state index contributed by atoms with van der Waals surface area (Å²) >= 11 is 6.22. The van der Waals surface area contributed by atoms with Gasteiger partial charge in [-0.1, -0.05) is 17.7 Å². The van der Waals surface area contributed by atoms with E-state index in [2.05, 4.69) is 5.32 Å². The van der Waals surface area contributed by atoms with Gasteiger partial charge in [-0.2, -0.15) is 0 Å². The summed E-state index contributed by atoms with van der Waals surface area (Å²) in [6.07, 6.45) is 2.84. The number of likely N-dealkylation sites (tertiary alicyclic amines) is 1. The van der Waals surface area contributed by atoms with Crippen LogP contribution in [0.3, 0.4) is 0 Å². The molecule has 0 aromatic heterocycles. The number of hydrogen-bond acceptors (Lipinski definition) is 3. The number of aryl methyl sites for hydroxylation is 1. The fourth-order valence-corrected chi connectivity index (χ4v) is 5.88. The molecule has 0 aliphatic carbocycles. The van der Waals surface area contributed by atoms with Gasteiger partial charge in [-0.25, -0.2) is 17.5 Å². The Labute approximate surface area is 160 Å². The number of urea groups is 1. The summed E-state index contributed by atoms with van der Waals surface area (Å²) in [6.45, 7) is 6.03. The average Bonchev–Trinajstić information content (AvgIpc) is 3.17. The van der Waals surface area contributed by atoms with Crippen molar-refractivity contribution < 1.29 is 13.2 Å². The van der Waals surface area contributed by atoms with E-state index < -0.39 is 10.0 Å². The molecule has 3 rings (SSSR count). The number of hydrogen-bond donors (Lipinski definition) is 1. The number of nitrogens with zero attached hydrogens (tertiary/aromatic N) is 2. The van der Waals surface area contributed by atoms with Crippen molar-refractivity contribution in [1.82, 2.24) is 9.21 Å². The highest BCUT2D eigenvalue weighted by Crippen LogP contribution is 2.29. The predicted octanol–water partition coefficient (Wildman–Crippen LogP) is 3.38. The highest BCUT2D eigenvalue weighted by molar-refractivity contribution is 7.89. The third kappa shape index (κ3) is 3.85. The lowest BCUT2D eigenvalue weighted by molar-refractivity contribution is 0.199. The normalized spacial score (nSPS) is 19.7. The summed E-state index contributed by atoms with van der Waals surface area (Å²) in [6, 6.07) is 3.47. The molecule has 0 unspecified atom stereocenters. The zero-order valence-corrected chi connectivity index (χ0v) is 16.9. The van der Waals surface area contributed by atoms with Gasteiger partial charge in [0.2, 0.25) is 10.0 Å². The Morgan fingerprint density at radius 2 is 1.73 bits per heavy atom. The number of benzene rings is 1. The van der Waals surface area contributed by atoms with Crippen LogP contribution in [0.4, 0.5) is 10.5 Å². The zero-order chi connectivity index (χ0) is 18.9. The van der Waals surface area contributed by atoms with Crippen LogP contribution in [0.5, 0.6) is 0 Å². The van der Waals surface area contributed by atoms with E-state index in [9.17, 15) is 13.2 Å². The van der Waals surface area contributed by atoms with E-state index in [1.165, 1.54) is 0 Å². The lowest BCUT2D eigenvalue weighted by Crippen LogP contribution is -2.47. The van der Waals surface area contributed by atoms with Crippen LogP contribution in [0.25, 0.3) is 0 Å². The molecule has 144 valence electrons. The molecule has 6 nitrogen and oxygen atoms in total. The van der Waals surface area contributed by atoms with Crippen molar-refractivity contribution in [3.05, 3.63) is 28.3 Å². The highest BCUT2D eigenvalue weighted by atomic mass is 35.5. The number of carbonyl (C=O) groups is 1. The lowest BCUT2D eigenvalue weighted by Gasteiger charge is -2.33. The van der Waals surface area contributed by atoms with Gasteiger partial charge >= 0.3 is 6.03 Å². The van der Waals surface area contributed by atoms with Gasteiger partial charge in [0, 0.05) is 26.2 Å². The third-order valence-electron chi connectivity index (χ3n) is 5.49. The number of piperidine rings is 1. The summed E-state index contributed by atoms with van der Waals surface area (Å²) < 4.78 is 27.0. The molecule has 1 aromatic rings. The smallest absolute Gasteiger partial charge is 0.321 e. The molecule has 0 bridgehead atoms. The van der Waals surface area contributed by atoms with Crippen LogP contribution in [0.2, 0.25) is 5.02 Å². The molecule has 0 saturated carbocycles. The first-order chi connectivity index (χ1) is 12.3. The number of anilines is 1. The van der Waals surface area contributed by atoms with Crippen LogP contribution in [0.15, 0.2) is 12.1 Å². The van der Waals surface area contributed by atoms with E-state index in [-0.39, 0.29) is 11.3 Å². The fraction of sp³-hybridized carbons (Fsp3) is 0.611. The van der Waals surface area contributed by atoms with Gasteiger partial charge in [0.1, 0.15) is 0 Å². The van der Waals surface area contributed by atoms with Crippen LogP contribution in [-0.4, -0.2) is 55.1 Å². The molecule has 26 heavy (non-hydrogen) atoms. The topological polar surface area (TPSA) is 69.7 Å². The number of sulfonamides is 1. The summed E-state index contributed by atoms with van der Waals surface area (Å²) in [4.78, 5) is 14.3. The van der Waals surface area contributed by atoms with E-state index in [1.54, 1.807) is 15.3 Å². The molecule has 0 atom stereocenters. The second kappa shape index (κ2) is 7.74. The quantitative estimate of drug-likeness (QED) is 0.846. The molecule has 0 spiro atoms. The monoisotopic (exact) mass is 399 g/mol. The van der Waals surface area contributed by atoms with E-state index in [0.717, 1.165) is 24.0 Å². The number of carbonyl (C=O) groups excluding carboxylic acids is 1. The second-order valence-corrected chi connectivity index (χ2v) is 9.75. The molecular formula is C18H26ClN3O3S. The Hall–Kier alpha value is -1.31. The Kier molecular flexibility index (Phi) is 5.79. The Morgan fingerprint density at radius 1 is 1.12 bits per heavy atom. The Balaban J connectivity index is 1.61. The van der Waals surface area contributed by atoms with Crippen molar-refractivity contribution in [2.24, 2.45) is 0 Å². The molecule has 2 aliphatic rings. The predicted molar refractivity (Wildman–Crippen MR) is 104 cm³/mol. The minimum atomic E-state index is -3.23. The van der Waals surface area contributed by atoms with Gasteiger partial charge in [-0.15, -0.1) is 0 Å². The molecule has 0 radical (unpaired) electrons. The van der Waals surface area contributed by atoms with Crippen LogP contribution in [-0.2, 0) is 10.0 Å². The van der Waals surface area contributed by atoms with E-state index in [1.807, 2.05) is 19.9 Å². The average molecular weight is 400 g/mol. The molecule has 2 fully saturated rings. The molecule has 8 heteroatoms. The minimum Gasteiger partial charge on any atom is -0.324 e. The van der Waals surface area contributed by atoms with Crippen molar-refractivity contribution in [3.8, 4) is 0 Å². The summed E-state index contributed by atoms with van der Waals surface area (Å²) in [5, 5.41) is 3.02.